The fourth-order valence-corrected chi connectivity index (χ4v) is 2.03. The van der Waals surface area contributed by atoms with Crippen LogP contribution in [0, 0.1) is 11.3 Å². The van der Waals surface area contributed by atoms with E-state index in [9.17, 15) is 4.79 Å². The fraction of sp³-hybridized carbons (Fsp3) is 0.267. The van der Waals surface area contributed by atoms with Gasteiger partial charge in [0.05, 0.1) is 11.6 Å². The highest BCUT2D eigenvalue weighted by Crippen LogP contribution is 2.27. The van der Waals surface area contributed by atoms with Gasteiger partial charge in [-0.15, -0.1) is 0 Å². The molecule has 0 saturated heterocycles. The van der Waals surface area contributed by atoms with E-state index in [-0.39, 0.29) is 12.4 Å². The molecule has 0 radical (unpaired) electrons. The van der Waals surface area contributed by atoms with Gasteiger partial charge < -0.3 is 5.73 Å². The van der Waals surface area contributed by atoms with Crippen LogP contribution in [0.5, 0.6) is 0 Å². The van der Waals surface area contributed by atoms with Gasteiger partial charge in [0.25, 0.3) is 0 Å². The van der Waals surface area contributed by atoms with Gasteiger partial charge in [-0.05, 0) is 11.5 Å². The standard InChI is InChI=1S/C15H16N4O/c1-10(2)11-3-5-12(6-4-11)14-13(9-20)15(17)19(18-14)8-7-16/h3-6,9-10H,8,17H2,1-2H3. The van der Waals surface area contributed by atoms with Crippen molar-refractivity contribution in [2.24, 2.45) is 0 Å². The molecule has 0 spiro atoms. The molecule has 2 N–H and O–H groups in total. The summed E-state index contributed by atoms with van der Waals surface area (Å²) in [6.07, 6.45) is 0.682. The van der Waals surface area contributed by atoms with Crippen LogP contribution in [0.1, 0.15) is 35.7 Å². The fourth-order valence-electron chi connectivity index (χ4n) is 2.03. The van der Waals surface area contributed by atoms with Crippen molar-refractivity contribution >= 4 is 12.1 Å². The summed E-state index contributed by atoms with van der Waals surface area (Å²) in [7, 11) is 0. The molecule has 0 amide bonds. The molecule has 0 aliphatic heterocycles. The second-order valence-electron chi connectivity index (χ2n) is 4.86. The van der Waals surface area contributed by atoms with Crippen molar-refractivity contribution in [3.05, 3.63) is 35.4 Å². The van der Waals surface area contributed by atoms with Crippen molar-refractivity contribution < 1.29 is 4.79 Å². The van der Waals surface area contributed by atoms with E-state index < -0.39 is 0 Å². The summed E-state index contributed by atoms with van der Waals surface area (Å²) in [5.41, 5.74) is 8.72. The number of rotatable bonds is 4. The highest BCUT2D eigenvalue weighted by atomic mass is 16.1. The minimum absolute atomic E-state index is 0.0246. The number of nitrogens with zero attached hydrogens (tertiary/aromatic N) is 3. The minimum Gasteiger partial charge on any atom is -0.383 e. The van der Waals surface area contributed by atoms with Crippen LogP contribution in [0.2, 0.25) is 0 Å². The molecule has 0 aliphatic rings. The Balaban J connectivity index is 2.49. The Kier molecular flexibility index (Phi) is 3.85. The molecule has 5 heteroatoms. The molecule has 5 nitrogen and oxygen atoms in total. The summed E-state index contributed by atoms with van der Waals surface area (Å²) in [5.74, 6) is 0.667. The van der Waals surface area contributed by atoms with Gasteiger partial charge in [-0.1, -0.05) is 38.1 Å². The van der Waals surface area contributed by atoms with Gasteiger partial charge in [0.2, 0.25) is 0 Å². The monoisotopic (exact) mass is 268 g/mol. The van der Waals surface area contributed by atoms with Crippen molar-refractivity contribution in [1.29, 1.82) is 5.26 Å². The maximum absolute atomic E-state index is 11.2. The number of aldehydes is 1. The highest BCUT2D eigenvalue weighted by Gasteiger charge is 2.16. The highest BCUT2D eigenvalue weighted by molar-refractivity contribution is 5.91. The zero-order valence-corrected chi connectivity index (χ0v) is 11.5. The topological polar surface area (TPSA) is 84.7 Å². The van der Waals surface area contributed by atoms with Crippen LogP contribution in [0.25, 0.3) is 11.3 Å². The number of nitrogen functional groups attached to an aromatic ring is 1. The summed E-state index contributed by atoms with van der Waals surface area (Å²) in [5, 5.41) is 13.0. The zero-order chi connectivity index (χ0) is 14.7. The molecule has 0 bridgehead atoms. The van der Waals surface area contributed by atoms with Crippen LogP contribution < -0.4 is 5.73 Å². The predicted molar refractivity (Wildman–Crippen MR) is 77.2 cm³/mol. The first kappa shape index (κ1) is 13.8. The quantitative estimate of drug-likeness (QED) is 0.864. The van der Waals surface area contributed by atoms with Gasteiger partial charge in [0.15, 0.2) is 6.29 Å². The van der Waals surface area contributed by atoms with E-state index in [1.165, 1.54) is 10.2 Å². The van der Waals surface area contributed by atoms with Gasteiger partial charge in [-0.2, -0.15) is 10.4 Å². The third kappa shape index (κ3) is 2.41. The minimum atomic E-state index is 0.0246. The number of anilines is 1. The van der Waals surface area contributed by atoms with Gasteiger partial charge in [0, 0.05) is 5.56 Å². The summed E-state index contributed by atoms with van der Waals surface area (Å²) >= 11 is 0. The number of carbonyl (C=O) groups excluding carboxylic acids is 1. The lowest BCUT2D eigenvalue weighted by atomic mass is 10.00. The normalized spacial score (nSPS) is 10.5. The van der Waals surface area contributed by atoms with Crippen LogP contribution >= 0.6 is 0 Å². The Morgan fingerprint density at radius 2 is 2.05 bits per heavy atom. The van der Waals surface area contributed by atoms with Gasteiger partial charge in [-0.3, -0.25) is 4.79 Å². The van der Waals surface area contributed by atoms with E-state index in [0.717, 1.165) is 5.56 Å². The van der Waals surface area contributed by atoms with E-state index in [1.54, 1.807) is 0 Å². The SMILES string of the molecule is CC(C)c1ccc(-c2nn(CC#N)c(N)c2C=O)cc1. The van der Waals surface area contributed by atoms with Crippen molar-refractivity contribution in [2.45, 2.75) is 26.3 Å². The van der Waals surface area contributed by atoms with Gasteiger partial charge in [-0.25, -0.2) is 4.68 Å². The molecule has 20 heavy (non-hydrogen) atoms. The Labute approximate surface area is 117 Å². The van der Waals surface area contributed by atoms with Crippen LogP contribution in [0.15, 0.2) is 24.3 Å². The Morgan fingerprint density at radius 3 is 2.55 bits per heavy atom. The predicted octanol–water partition coefficient (Wildman–Crippen LogP) is 2.59. The van der Waals surface area contributed by atoms with E-state index in [2.05, 4.69) is 18.9 Å². The second kappa shape index (κ2) is 5.57. The summed E-state index contributed by atoms with van der Waals surface area (Å²) in [6.45, 7) is 4.26. The Morgan fingerprint density at radius 1 is 1.40 bits per heavy atom. The number of nitrogens with two attached hydrogens (primary N) is 1. The first-order valence-electron chi connectivity index (χ1n) is 6.37. The molecule has 0 aliphatic carbocycles. The molecule has 1 heterocycles. The molecule has 102 valence electrons. The van der Waals surface area contributed by atoms with Crippen molar-refractivity contribution in [3.8, 4) is 17.3 Å². The van der Waals surface area contributed by atoms with Crippen LogP contribution in [0.3, 0.4) is 0 Å². The van der Waals surface area contributed by atoms with Crippen molar-refractivity contribution in [3.63, 3.8) is 0 Å². The third-order valence-electron chi connectivity index (χ3n) is 3.22. The molecule has 0 atom stereocenters. The smallest absolute Gasteiger partial charge is 0.156 e. The number of benzene rings is 1. The lowest BCUT2D eigenvalue weighted by molar-refractivity contribution is 0.112. The van der Waals surface area contributed by atoms with Gasteiger partial charge in [0.1, 0.15) is 18.1 Å². The van der Waals surface area contributed by atoms with Crippen LogP contribution in [-0.2, 0) is 6.54 Å². The molecule has 2 rings (SSSR count). The average molecular weight is 268 g/mol. The molecule has 2 aromatic rings. The Hall–Kier alpha value is -2.61. The number of nitriles is 1. The lowest BCUT2D eigenvalue weighted by Crippen LogP contribution is -2.03. The molecule has 0 fully saturated rings. The third-order valence-corrected chi connectivity index (χ3v) is 3.22. The maximum atomic E-state index is 11.2. The largest absolute Gasteiger partial charge is 0.383 e. The van der Waals surface area contributed by atoms with Crippen LogP contribution in [-0.4, -0.2) is 16.1 Å². The molecular formula is C15H16N4O. The van der Waals surface area contributed by atoms with Gasteiger partial charge >= 0.3 is 0 Å². The van der Waals surface area contributed by atoms with E-state index >= 15 is 0 Å². The summed E-state index contributed by atoms with van der Waals surface area (Å²) < 4.78 is 1.34. The molecule has 0 saturated carbocycles. The maximum Gasteiger partial charge on any atom is 0.156 e. The molecular weight excluding hydrogens is 252 g/mol. The number of hydrogen-bond donors (Lipinski definition) is 1. The molecule has 0 unspecified atom stereocenters. The van der Waals surface area contributed by atoms with Crippen molar-refractivity contribution in [2.75, 3.05) is 5.73 Å². The summed E-state index contributed by atoms with van der Waals surface area (Å²) in [6, 6.07) is 9.82. The number of carbonyl (C=O) groups is 1. The first-order chi connectivity index (χ1) is 9.58. The van der Waals surface area contributed by atoms with Crippen LogP contribution in [0.4, 0.5) is 5.82 Å². The molecule has 1 aromatic carbocycles. The van der Waals surface area contributed by atoms with Crippen molar-refractivity contribution in [1.82, 2.24) is 9.78 Å². The lowest BCUT2D eigenvalue weighted by Gasteiger charge is -2.05. The van der Waals surface area contributed by atoms with E-state index in [1.807, 2.05) is 30.3 Å². The molecule has 1 aromatic heterocycles. The second-order valence-corrected chi connectivity index (χ2v) is 4.86. The Bertz CT molecular complexity index is 662. The van der Waals surface area contributed by atoms with E-state index in [0.29, 0.717) is 23.5 Å². The number of aromatic nitrogens is 2. The summed E-state index contributed by atoms with van der Waals surface area (Å²) in [4.78, 5) is 11.2. The average Bonchev–Trinajstić information content (AvgIpc) is 2.76. The zero-order valence-electron chi connectivity index (χ0n) is 11.5. The first-order valence-corrected chi connectivity index (χ1v) is 6.37. The van der Waals surface area contributed by atoms with E-state index in [4.69, 9.17) is 11.0 Å². The number of hydrogen-bond acceptors (Lipinski definition) is 4.